The maximum atomic E-state index is 12.6. The van der Waals surface area contributed by atoms with E-state index in [1.165, 1.54) is 0 Å². The number of nitrogens with two attached hydrogens (primary N) is 2. The van der Waals surface area contributed by atoms with E-state index < -0.39 is 0 Å². The summed E-state index contributed by atoms with van der Waals surface area (Å²) in [7, 11) is 0. The summed E-state index contributed by atoms with van der Waals surface area (Å²) in [6.07, 6.45) is 0. The largest absolute Gasteiger partial charge is 0.457 e. The van der Waals surface area contributed by atoms with Crippen LogP contribution in [0.5, 0.6) is 0 Å². The second kappa shape index (κ2) is 18.4. The first-order valence-electron chi connectivity index (χ1n) is 19.1. The number of fused-ring (bicyclic) bond motifs is 4. The molecule has 0 atom stereocenters. The van der Waals surface area contributed by atoms with E-state index in [-0.39, 0.29) is 23.8 Å². The number of rotatable bonds is 6. The average molecular weight is 773 g/mol. The normalized spacial score (nSPS) is 14.0. The van der Waals surface area contributed by atoms with Gasteiger partial charge in [-0.05, 0) is 57.6 Å². The average Bonchev–Trinajstić information content (AvgIpc) is 4.02. The molecule has 4 aliphatic rings. The Balaban J connectivity index is 0.000000139. The van der Waals surface area contributed by atoms with Gasteiger partial charge < -0.3 is 30.7 Å². The Morgan fingerprint density at radius 2 is 0.759 bits per heavy atom. The summed E-state index contributed by atoms with van der Waals surface area (Å²) in [6, 6.07) is 46.6. The maximum Gasteiger partial charge on any atom is 0.338 e. The molecule has 6 aromatic rings. The van der Waals surface area contributed by atoms with Gasteiger partial charge in [-0.3, -0.25) is 9.59 Å². The molecule has 58 heavy (non-hydrogen) atoms. The molecular formula is C48H44N4O6. The lowest BCUT2D eigenvalue weighted by atomic mass is 10.1. The van der Waals surface area contributed by atoms with Gasteiger partial charge in [-0.15, -0.1) is 0 Å². The number of amides is 2. The van der Waals surface area contributed by atoms with Crippen molar-refractivity contribution >= 4 is 23.8 Å². The van der Waals surface area contributed by atoms with Crippen LogP contribution in [0.4, 0.5) is 0 Å². The van der Waals surface area contributed by atoms with Crippen LogP contribution in [0.2, 0.25) is 0 Å². The number of carbonyl (C=O) groups excluding carboxylic acids is 4. The van der Waals surface area contributed by atoms with E-state index in [1.807, 2.05) is 137 Å². The predicted molar refractivity (Wildman–Crippen MR) is 220 cm³/mol. The third-order valence-corrected chi connectivity index (χ3v) is 10.2. The van der Waals surface area contributed by atoms with Crippen LogP contribution in [0.3, 0.4) is 0 Å². The molecule has 10 heteroatoms. The Bertz CT molecular complexity index is 2300. The molecule has 2 amide bonds. The van der Waals surface area contributed by atoms with Crippen molar-refractivity contribution in [2.45, 2.75) is 52.5 Å². The predicted octanol–water partition coefficient (Wildman–Crippen LogP) is 7.32. The number of hydrogen-bond acceptors (Lipinski definition) is 8. The molecule has 4 aliphatic heterocycles. The van der Waals surface area contributed by atoms with E-state index in [9.17, 15) is 19.2 Å². The van der Waals surface area contributed by atoms with E-state index in [0.717, 1.165) is 55.6 Å². The van der Waals surface area contributed by atoms with Gasteiger partial charge in [0.1, 0.15) is 13.2 Å². The van der Waals surface area contributed by atoms with Crippen LogP contribution < -0.4 is 11.5 Å². The fraction of sp³-hybridized carbons (Fsp3) is 0.167. The van der Waals surface area contributed by atoms with Crippen LogP contribution in [-0.4, -0.2) is 33.6 Å². The van der Waals surface area contributed by atoms with Crippen LogP contribution in [-0.2, 0) is 62.0 Å². The van der Waals surface area contributed by atoms with Crippen molar-refractivity contribution in [2.75, 3.05) is 0 Å². The minimum absolute atomic E-state index is 0.0890. The number of carbonyl (C=O) groups is 4. The molecule has 0 unspecified atom stereocenters. The molecule has 6 aromatic carbocycles. The Kier molecular flexibility index (Phi) is 12.5. The highest BCUT2D eigenvalue weighted by atomic mass is 16.5. The first-order chi connectivity index (χ1) is 28.3. The van der Waals surface area contributed by atoms with Crippen LogP contribution in [0, 0.1) is 0 Å². The molecular weight excluding hydrogens is 729 g/mol. The van der Waals surface area contributed by atoms with Gasteiger partial charge in [0.25, 0.3) is 11.8 Å². The summed E-state index contributed by atoms with van der Waals surface area (Å²) in [4.78, 5) is 50.7. The summed E-state index contributed by atoms with van der Waals surface area (Å²) in [6.45, 7) is 4.52. The van der Waals surface area contributed by atoms with Crippen molar-refractivity contribution in [3.05, 3.63) is 212 Å². The van der Waals surface area contributed by atoms with Crippen molar-refractivity contribution in [3.8, 4) is 0 Å². The molecule has 10 nitrogen and oxygen atoms in total. The molecule has 0 saturated carbocycles. The summed E-state index contributed by atoms with van der Waals surface area (Å²) >= 11 is 0. The van der Waals surface area contributed by atoms with E-state index in [2.05, 4.69) is 6.07 Å². The lowest BCUT2D eigenvalue weighted by Gasteiger charge is -2.18. The summed E-state index contributed by atoms with van der Waals surface area (Å²) in [5.41, 5.74) is 22.5. The quantitative estimate of drug-likeness (QED) is 0.168. The maximum absolute atomic E-state index is 12.6. The van der Waals surface area contributed by atoms with Crippen LogP contribution in [0.15, 0.2) is 146 Å². The van der Waals surface area contributed by atoms with Crippen molar-refractivity contribution < 1.29 is 28.7 Å². The van der Waals surface area contributed by atoms with Crippen molar-refractivity contribution in [2.24, 2.45) is 11.5 Å². The van der Waals surface area contributed by atoms with Gasteiger partial charge in [0.05, 0.1) is 11.1 Å². The van der Waals surface area contributed by atoms with Crippen molar-refractivity contribution in [1.82, 2.24) is 9.80 Å². The third-order valence-electron chi connectivity index (χ3n) is 10.2. The number of benzene rings is 6. The highest BCUT2D eigenvalue weighted by Crippen LogP contribution is 2.27. The van der Waals surface area contributed by atoms with Crippen LogP contribution in [0.1, 0.15) is 85.9 Å². The van der Waals surface area contributed by atoms with Crippen LogP contribution in [0.25, 0.3) is 0 Å². The van der Waals surface area contributed by atoms with Crippen molar-refractivity contribution in [3.63, 3.8) is 0 Å². The number of hydrogen-bond donors (Lipinski definition) is 2. The fourth-order valence-corrected chi connectivity index (χ4v) is 7.17. The van der Waals surface area contributed by atoms with Gasteiger partial charge in [-0.1, -0.05) is 121 Å². The molecule has 0 aromatic heterocycles. The molecule has 0 saturated heterocycles. The van der Waals surface area contributed by atoms with Gasteiger partial charge in [0.2, 0.25) is 0 Å². The number of nitrogens with zero attached hydrogens (tertiary/aromatic N) is 2. The molecule has 0 bridgehead atoms. The van der Waals surface area contributed by atoms with E-state index >= 15 is 0 Å². The molecule has 4 N–H and O–H groups in total. The van der Waals surface area contributed by atoms with Gasteiger partial charge in [0.15, 0.2) is 0 Å². The third kappa shape index (κ3) is 9.21. The SMILES string of the molecule is NCc1cccc(CN)c1.O=C1OCc2ccccc21.O=C1OCc2ccccc21.O=C1c2ccccc2CN1Cc1cccc(CN2Cc3ccccc3C2=O)c1. The number of ether oxygens (including phenoxy) is 2. The molecule has 292 valence electrons. The Morgan fingerprint density at radius 1 is 0.414 bits per heavy atom. The first-order valence-corrected chi connectivity index (χ1v) is 19.1. The molecule has 0 fully saturated rings. The van der Waals surface area contributed by atoms with E-state index in [4.69, 9.17) is 20.9 Å². The van der Waals surface area contributed by atoms with Gasteiger partial charge >= 0.3 is 11.9 Å². The fourth-order valence-electron chi connectivity index (χ4n) is 7.17. The smallest absolute Gasteiger partial charge is 0.338 e. The molecule has 0 spiro atoms. The Morgan fingerprint density at radius 3 is 1.14 bits per heavy atom. The topological polar surface area (TPSA) is 145 Å². The zero-order chi connectivity index (χ0) is 40.4. The van der Waals surface area contributed by atoms with Crippen molar-refractivity contribution in [1.29, 1.82) is 0 Å². The van der Waals surface area contributed by atoms with Gasteiger partial charge in [0, 0.05) is 61.5 Å². The molecule has 10 rings (SSSR count). The zero-order valence-electron chi connectivity index (χ0n) is 32.0. The minimum Gasteiger partial charge on any atom is -0.457 e. The lowest BCUT2D eigenvalue weighted by molar-refractivity contribution is 0.0526. The Labute approximate surface area is 337 Å². The lowest BCUT2D eigenvalue weighted by Crippen LogP contribution is -2.24. The van der Waals surface area contributed by atoms with E-state index in [0.29, 0.717) is 63.6 Å². The van der Waals surface area contributed by atoms with Gasteiger partial charge in [-0.25, -0.2) is 9.59 Å². The van der Waals surface area contributed by atoms with Gasteiger partial charge in [-0.2, -0.15) is 0 Å². The highest BCUT2D eigenvalue weighted by molar-refractivity contribution is 5.99. The second-order valence-electron chi connectivity index (χ2n) is 14.2. The first kappa shape index (κ1) is 39.4. The molecule has 0 radical (unpaired) electrons. The highest BCUT2D eigenvalue weighted by Gasteiger charge is 2.28. The molecule has 4 heterocycles. The minimum atomic E-state index is -0.199. The zero-order valence-corrected chi connectivity index (χ0v) is 32.0. The Hall–Kier alpha value is -6.88. The van der Waals surface area contributed by atoms with Crippen LogP contribution >= 0.6 is 0 Å². The summed E-state index contributed by atoms with van der Waals surface area (Å²) < 4.78 is 9.57. The standard InChI is InChI=1S/C24H20N2O2.C8H12N2.2C8H6O2/c27-23-21-10-3-1-8-19(21)15-25(23)13-17-6-5-7-18(12-17)14-26-16-20-9-2-4-11-22(20)24(26)28;9-5-7-2-1-3-8(4-7)6-10;2*9-8-7-4-2-1-3-6(7)5-10-8/h1-12H,13-16H2;1-4H,5-6,9-10H2;2*1-4H,5H2. The monoisotopic (exact) mass is 772 g/mol. The second-order valence-corrected chi connectivity index (χ2v) is 14.2. The summed E-state index contributed by atoms with van der Waals surface area (Å²) in [5, 5.41) is 0. The van der Waals surface area contributed by atoms with E-state index in [1.54, 1.807) is 12.1 Å². The molecule has 0 aliphatic carbocycles. The number of cyclic esters (lactones) is 2. The number of esters is 2. The summed E-state index contributed by atoms with van der Waals surface area (Å²) in [5.74, 6) is -0.219.